The predicted molar refractivity (Wildman–Crippen MR) is 241 cm³/mol. The molecular formula is C54H67NO7. The van der Waals surface area contributed by atoms with Gasteiger partial charge in [0.2, 0.25) is 0 Å². The first kappa shape index (κ1) is 42.9. The van der Waals surface area contributed by atoms with Crippen LogP contribution in [0.2, 0.25) is 0 Å². The summed E-state index contributed by atoms with van der Waals surface area (Å²) in [5, 5.41) is 15.9. The minimum Gasteiger partial charge on any atom is -0.465 e. The van der Waals surface area contributed by atoms with E-state index in [0.29, 0.717) is 17.4 Å². The summed E-state index contributed by atoms with van der Waals surface area (Å²) >= 11 is 0. The van der Waals surface area contributed by atoms with E-state index in [2.05, 4.69) is 107 Å². The smallest absolute Gasteiger partial charge is 0.407 e. The minimum atomic E-state index is -1.26. The summed E-state index contributed by atoms with van der Waals surface area (Å²) in [6, 6.07) is 24.8. The lowest BCUT2D eigenvalue weighted by Gasteiger charge is -2.72. The van der Waals surface area contributed by atoms with Crippen molar-refractivity contribution in [2.75, 3.05) is 20.3 Å². The van der Waals surface area contributed by atoms with Crippen molar-refractivity contribution < 1.29 is 33.7 Å². The van der Waals surface area contributed by atoms with Crippen LogP contribution in [-0.2, 0) is 19.0 Å². The standard InChI is InChI=1S/C54H67NO7/c1-33(56)62-32-53(7,59)43-24-28-54(55-48(58)61-31-40-38-15-11-9-13-36(38)37-14-10-12-16-39(37)40)30-29-51(5)42(46(43)54)21-22-45-50(4)26-23-41(34-17-19-35(20-18-34)47(57)60-8)49(2,3)44(50)25-27-52(45,51)6/h9-20,23,40,42-46,59H,21-22,24-32H2,1-8H3,(H,55,58)/t42?,43-,44+,45-,46+,50+,51-,52-,53?,54+/m1/s1. The van der Waals surface area contributed by atoms with E-state index < -0.39 is 17.1 Å². The second-order valence-electron chi connectivity index (χ2n) is 21.7. The van der Waals surface area contributed by atoms with Crippen molar-refractivity contribution >= 4 is 23.6 Å². The maximum absolute atomic E-state index is 14.3. The molecule has 3 aromatic carbocycles. The fraction of sp³-hybridized carbons (Fsp3) is 0.574. The van der Waals surface area contributed by atoms with Gasteiger partial charge in [0, 0.05) is 18.4 Å². The molecule has 62 heavy (non-hydrogen) atoms. The molecule has 9 rings (SSSR count). The highest BCUT2D eigenvalue weighted by Gasteiger charge is 2.71. The molecule has 6 aliphatic rings. The number of carbonyl (C=O) groups is 3. The fourth-order valence-electron chi connectivity index (χ4n) is 15.7. The number of alkyl carbamates (subject to hydrolysis) is 1. The number of methoxy groups -OCH3 is 1. The number of amides is 1. The Morgan fingerprint density at radius 3 is 2.08 bits per heavy atom. The zero-order valence-corrected chi connectivity index (χ0v) is 38.1. The molecule has 0 aliphatic heterocycles. The minimum absolute atomic E-state index is 0.0159. The molecule has 8 heteroatoms. The number of hydrogen-bond donors (Lipinski definition) is 2. The van der Waals surface area contributed by atoms with Gasteiger partial charge in [-0.15, -0.1) is 0 Å². The molecule has 0 bridgehead atoms. The molecule has 0 aromatic heterocycles. The van der Waals surface area contributed by atoms with Gasteiger partial charge >= 0.3 is 18.0 Å². The van der Waals surface area contributed by atoms with Crippen molar-refractivity contribution in [3.63, 3.8) is 0 Å². The van der Waals surface area contributed by atoms with Crippen LogP contribution in [0.4, 0.5) is 4.79 Å². The van der Waals surface area contributed by atoms with E-state index in [-0.39, 0.29) is 70.6 Å². The zero-order valence-electron chi connectivity index (χ0n) is 38.1. The fourth-order valence-corrected chi connectivity index (χ4v) is 15.7. The Labute approximate surface area is 368 Å². The largest absolute Gasteiger partial charge is 0.465 e. The number of hydrogen-bond acceptors (Lipinski definition) is 7. The highest BCUT2D eigenvalue weighted by molar-refractivity contribution is 5.90. The summed E-state index contributed by atoms with van der Waals surface area (Å²) in [5.74, 6) is 0.290. The topological polar surface area (TPSA) is 111 Å². The Hall–Kier alpha value is -4.43. The average molecular weight is 842 g/mol. The van der Waals surface area contributed by atoms with Crippen LogP contribution >= 0.6 is 0 Å². The van der Waals surface area contributed by atoms with Crippen molar-refractivity contribution in [2.24, 2.45) is 51.2 Å². The summed E-state index contributed by atoms with van der Waals surface area (Å²) in [6.45, 7) is 16.0. The number of benzene rings is 3. The molecular weight excluding hydrogens is 775 g/mol. The number of allylic oxidation sites excluding steroid dienone is 2. The van der Waals surface area contributed by atoms with Gasteiger partial charge in [-0.1, -0.05) is 101 Å². The van der Waals surface area contributed by atoms with Crippen molar-refractivity contribution in [3.8, 4) is 11.1 Å². The SMILES string of the molecule is COC(=O)c1ccc(C2=CC[C@]3(C)[C@H]4CCC5[C@H]6[C@H](C(C)(O)COC(C)=O)CC[C@]6(NC(=O)OCC6c7ccccc7-c7ccccc76)CC[C@@]5(C)[C@]4(C)CC[C@H]3C2(C)C)cc1. The average Bonchev–Trinajstić information content (AvgIpc) is 3.78. The molecule has 330 valence electrons. The van der Waals surface area contributed by atoms with Gasteiger partial charge in [0.15, 0.2) is 0 Å². The molecule has 0 radical (unpaired) electrons. The molecule has 8 nitrogen and oxygen atoms in total. The first-order valence-electron chi connectivity index (χ1n) is 23.3. The summed E-state index contributed by atoms with van der Waals surface area (Å²) in [6.07, 6.45) is 10.8. The van der Waals surface area contributed by atoms with E-state index in [4.69, 9.17) is 14.2 Å². The van der Waals surface area contributed by atoms with Crippen molar-refractivity contribution in [1.82, 2.24) is 5.32 Å². The second-order valence-corrected chi connectivity index (χ2v) is 21.7. The van der Waals surface area contributed by atoms with Crippen LogP contribution in [-0.4, -0.2) is 54.6 Å². The maximum Gasteiger partial charge on any atom is 0.407 e. The van der Waals surface area contributed by atoms with Crippen LogP contribution in [0.3, 0.4) is 0 Å². The van der Waals surface area contributed by atoms with Crippen LogP contribution < -0.4 is 5.32 Å². The third-order valence-corrected chi connectivity index (χ3v) is 18.7. The van der Waals surface area contributed by atoms with Crippen LogP contribution in [0.5, 0.6) is 0 Å². The predicted octanol–water partition coefficient (Wildman–Crippen LogP) is 11.2. The summed E-state index contributed by atoms with van der Waals surface area (Å²) < 4.78 is 16.8. The lowest BCUT2D eigenvalue weighted by atomic mass is 9.32. The Morgan fingerprint density at radius 2 is 1.44 bits per heavy atom. The molecule has 3 aromatic rings. The number of fused-ring (bicyclic) bond motifs is 10. The van der Waals surface area contributed by atoms with Crippen molar-refractivity contribution in [1.29, 1.82) is 0 Å². The Bertz CT molecular complexity index is 2250. The first-order valence-corrected chi connectivity index (χ1v) is 23.3. The van der Waals surface area contributed by atoms with Gasteiger partial charge in [0.05, 0.1) is 18.3 Å². The molecule has 4 saturated carbocycles. The summed E-state index contributed by atoms with van der Waals surface area (Å²) in [4.78, 5) is 38.7. The second kappa shape index (κ2) is 15.1. The molecule has 6 aliphatic carbocycles. The number of aliphatic hydroxyl groups is 1. The zero-order chi connectivity index (χ0) is 44.0. The van der Waals surface area contributed by atoms with Gasteiger partial charge in [-0.05, 0) is 161 Å². The quantitative estimate of drug-likeness (QED) is 0.172. The van der Waals surface area contributed by atoms with E-state index in [1.807, 2.05) is 19.1 Å². The van der Waals surface area contributed by atoms with E-state index in [1.54, 1.807) is 0 Å². The van der Waals surface area contributed by atoms with Gasteiger partial charge < -0.3 is 24.6 Å². The number of esters is 2. The highest BCUT2D eigenvalue weighted by atomic mass is 16.6. The lowest BCUT2D eigenvalue weighted by Crippen LogP contribution is -2.69. The molecule has 10 atom stereocenters. The van der Waals surface area contributed by atoms with Gasteiger partial charge in [0.25, 0.3) is 0 Å². The molecule has 2 N–H and O–H groups in total. The Morgan fingerprint density at radius 1 is 0.774 bits per heavy atom. The van der Waals surface area contributed by atoms with E-state index in [0.717, 1.165) is 57.8 Å². The van der Waals surface area contributed by atoms with Crippen LogP contribution in [0.15, 0.2) is 78.9 Å². The number of ether oxygens (including phenoxy) is 3. The third kappa shape index (κ3) is 6.42. The maximum atomic E-state index is 14.3. The highest BCUT2D eigenvalue weighted by Crippen LogP contribution is 2.77. The summed E-state index contributed by atoms with van der Waals surface area (Å²) in [5.41, 5.74) is 6.08. The van der Waals surface area contributed by atoms with Crippen LogP contribution in [0.1, 0.15) is 139 Å². The van der Waals surface area contributed by atoms with Gasteiger partial charge in [-0.2, -0.15) is 0 Å². The number of nitrogens with one attached hydrogen (secondary N) is 1. The van der Waals surface area contributed by atoms with Crippen molar-refractivity contribution in [2.45, 2.75) is 123 Å². The molecule has 1 amide bonds. The van der Waals surface area contributed by atoms with Crippen LogP contribution in [0, 0.1) is 51.2 Å². The van der Waals surface area contributed by atoms with E-state index >= 15 is 0 Å². The Kier molecular flexibility index (Phi) is 10.4. The molecule has 0 saturated heterocycles. The van der Waals surface area contributed by atoms with E-state index in [9.17, 15) is 19.5 Å². The third-order valence-electron chi connectivity index (χ3n) is 18.7. The van der Waals surface area contributed by atoms with Gasteiger partial charge in [0.1, 0.15) is 13.2 Å². The van der Waals surface area contributed by atoms with Gasteiger partial charge in [-0.3, -0.25) is 4.79 Å². The number of carbonyl (C=O) groups excluding carboxylic acids is 3. The number of rotatable bonds is 8. The monoisotopic (exact) mass is 841 g/mol. The summed E-state index contributed by atoms with van der Waals surface area (Å²) in [7, 11) is 1.42. The molecule has 0 spiro atoms. The van der Waals surface area contributed by atoms with Crippen LogP contribution in [0.25, 0.3) is 16.7 Å². The van der Waals surface area contributed by atoms with Gasteiger partial charge in [-0.25, -0.2) is 9.59 Å². The normalized spacial score (nSPS) is 35.0. The molecule has 4 fully saturated rings. The first-order chi connectivity index (χ1) is 29.4. The lowest BCUT2D eigenvalue weighted by molar-refractivity contribution is -0.227. The Balaban J connectivity index is 1.00. The van der Waals surface area contributed by atoms with Crippen molar-refractivity contribution in [3.05, 3.63) is 101 Å². The van der Waals surface area contributed by atoms with E-state index in [1.165, 1.54) is 47.4 Å². The molecule has 2 unspecified atom stereocenters. The molecule has 0 heterocycles.